The van der Waals surface area contributed by atoms with Crippen LogP contribution in [0.15, 0.2) is 48.5 Å². The van der Waals surface area contributed by atoms with Gasteiger partial charge in [0, 0.05) is 42.0 Å². The Labute approximate surface area is 217 Å². The van der Waals surface area contributed by atoms with Gasteiger partial charge in [0.05, 0.1) is 22.9 Å². The monoisotopic (exact) mass is 529 g/mol. The highest BCUT2D eigenvalue weighted by atomic mass is 35.5. The molecule has 0 radical (unpaired) electrons. The van der Waals surface area contributed by atoms with Crippen LogP contribution in [0.3, 0.4) is 0 Å². The summed E-state index contributed by atoms with van der Waals surface area (Å²) in [6.07, 6.45) is 0.0775. The van der Waals surface area contributed by atoms with Gasteiger partial charge in [-0.05, 0) is 29.8 Å². The summed E-state index contributed by atoms with van der Waals surface area (Å²) in [5, 5.41) is 0.560. The van der Waals surface area contributed by atoms with Crippen LogP contribution < -0.4 is 0 Å². The molecule has 5 rings (SSSR count). The van der Waals surface area contributed by atoms with Gasteiger partial charge in [0.2, 0.25) is 11.8 Å². The Morgan fingerprint density at radius 2 is 1.66 bits per heavy atom. The molecule has 3 aliphatic heterocycles. The maximum absolute atomic E-state index is 13.5. The minimum atomic E-state index is -0.476. The number of benzene rings is 2. The lowest BCUT2D eigenvalue weighted by Crippen LogP contribution is -2.48. The molecule has 182 valence electrons. The van der Waals surface area contributed by atoms with Crippen LogP contribution in [-0.2, 0) is 9.59 Å². The second kappa shape index (κ2) is 10.2. The fourth-order valence-corrected chi connectivity index (χ4v) is 6.92. The second-order valence-electron chi connectivity index (χ2n) is 8.74. The van der Waals surface area contributed by atoms with Crippen molar-refractivity contribution >= 4 is 58.8 Å². The zero-order valence-corrected chi connectivity index (χ0v) is 21.3. The van der Waals surface area contributed by atoms with Crippen molar-refractivity contribution < 1.29 is 19.2 Å². The standard InChI is InChI=1S/C25H24ClN3O4S2/c26-18-7-5-16(6-8-18)17(12-28-23(31)19-3-1-2-4-20(19)24(28)32)11-22(30)29-15-35-13-21(29)25(33)27-9-10-34-14-27/h1-8,17,21H,9-15H2/t17-,21-/m0/s1. The number of thioether (sulfide) groups is 2. The molecule has 4 amide bonds. The Kier molecular flexibility index (Phi) is 7.09. The largest absolute Gasteiger partial charge is 0.331 e. The van der Waals surface area contributed by atoms with E-state index in [0.29, 0.717) is 40.2 Å². The molecule has 0 spiro atoms. The molecule has 2 saturated heterocycles. The molecule has 2 aromatic rings. The first-order valence-electron chi connectivity index (χ1n) is 11.4. The van der Waals surface area contributed by atoms with Gasteiger partial charge < -0.3 is 9.80 Å². The molecule has 0 aliphatic carbocycles. The molecule has 0 aromatic heterocycles. The van der Waals surface area contributed by atoms with E-state index in [1.54, 1.807) is 64.8 Å². The average molecular weight is 530 g/mol. The molecule has 2 aromatic carbocycles. The van der Waals surface area contributed by atoms with E-state index >= 15 is 0 Å². The summed E-state index contributed by atoms with van der Waals surface area (Å²) in [6, 6.07) is 13.4. The van der Waals surface area contributed by atoms with Crippen LogP contribution >= 0.6 is 35.1 Å². The van der Waals surface area contributed by atoms with Crippen LogP contribution in [-0.4, -0.2) is 80.7 Å². The molecule has 0 bridgehead atoms. The number of imide groups is 1. The lowest BCUT2D eigenvalue weighted by Gasteiger charge is -2.29. The number of halogens is 1. The summed E-state index contributed by atoms with van der Waals surface area (Å²) < 4.78 is 0. The smallest absolute Gasteiger partial charge is 0.261 e. The number of rotatable bonds is 6. The normalized spacial score (nSPS) is 20.5. The minimum absolute atomic E-state index is 0.00302. The number of fused-ring (bicyclic) bond motifs is 1. The molecule has 0 saturated carbocycles. The predicted octanol–water partition coefficient (Wildman–Crippen LogP) is 3.54. The van der Waals surface area contributed by atoms with Crippen molar-refractivity contribution in [3.63, 3.8) is 0 Å². The van der Waals surface area contributed by atoms with Crippen molar-refractivity contribution in [3.8, 4) is 0 Å². The van der Waals surface area contributed by atoms with Gasteiger partial charge in [-0.2, -0.15) is 0 Å². The van der Waals surface area contributed by atoms with Gasteiger partial charge >= 0.3 is 0 Å². The summed E-state index contributed by atoms with van der Waals surface area (Å²) in [5.41, 5.74) is 1.57. The van der Waals surface area contributed by atoms with Crippen molar-refractivity contribution in [1.82, 2.24) is 14.7 Å². The molecule has 35 heavy (non-hydrogen) atoms. The van der Waals surface area contributed by atoms with E-state index in [4.69, 9.17) is 11.6 Å². The molecule has 3 aliphatic rings. The van der Waals surface area contributed by atoms with Crippen molar-refractivity contribution in [2.75, 3.05) is 36.3 Å². The zero-order chi connectivity index (χ0) is 24.5. The van der Waals surface area contributed by atoms with Crippen molar-refractivity contribution in [2.45, 2.75) is 18.4 Å². The maximum Gasteiger partial charge on any atom is 0.261 e. The third-order valence-corrected chi connectivity index (χ3v) is 8.83. The first kappa shape index (κ1) is 24.2. The molecule has 3 heterocycles. The Hall–Kier alpha value is -2.49. The number of carbonyl (C=O) groups excluding carboxylic acids is 4. The first-order chi connectivity index (χ1) is 16.9. The van der Waals surface area contributed by atoms with Gasteiger partial charge in [-0.3, -0.25) is 24.1 Å². The van der Waals surface area contributed by atoms with Gasteiger partial charge in [0.1, 0.15) is 6.04 Å². The molecule has 7 nitrogen and oxygen atoms in total. The lowest BCUT2D eigenvalue weighted by atomic mass is 9.94. The van der Waals surface area contributed by atoms with Crippen molar-refractivity contribution in [1.29, 1.82) is 0 Å². The van der Waals surface area contributed by atoms with E-state index in [-0.39, 0.29) is 36.6 Å². The third-order valence-electron chi connectivity index (χ3n) is 6.60. The van der Waals surface area contributed by atoms with Gasteiger partial charge in [-0.1, -0.05) is 35.9 Å². The SMILES string of the molecule is O=C([C@@H]1CSCN1C(=O)C[C@@H](CN1C(=O)c2ccccc2C1=O)c1ccc(Cl)cc1)N1CCSC1. The highest BCUT2D eigenvalue weighted by Crippen LogP contribution is 2.31. The Balaban J connectivity index is 1.36. The summed E-state index contributed by atoms with van der Waals surface area (Å²) in [7, 11) is 0. The highest BCUT2D eigenvalue weighted by molar-refractivity contribution is 7.99. The number of hydrogen-bond donors (Lipinski definition) is 0. The van der Waals surface area contributed by atoms with Crippen LogP contribution in [0.1, 0.15) is 38.6 Å². The fraction of sp³-hybridized carbons (Fsp3) is 0.360. The Bertz CT molecular complexity index is 1130. The van der Waals surface area contributed by atoms with E-state index in [1.165, 1.54) is 4.90 Å². The maximum atomic E-state index is 13.5. The van der Waals surface area contributed by atoms with E-state index in [2.05, 4.69) is 0 Å². The van der Waals surface area contributed by atoms with Crippen LogP contribution in [0.25, 0.3) is 0 Å². The summed E-state index contributed by atoms with van der Waals surface area (Å²) in [5.74, 6) is 1.32. The van der Waals surface area contributed by atoms with Gasteiger partial charge in [0.25, 0.3) is 11.8 Å². The quantitative estimate of drug-likeness (QED) is 0.533. The first-order valence-corrected chi connectivity index (χ1v) is 14.1. The summed E-state index contributed by atoms with van der Waals surface area (Å²) in [6.45, 7) is 0.780. The molecule has 0 unspecified atom stereocenters. The lowest BCUT2D eigenvalue weighted by molar-refractivity contribution is -0.142. The van der Waals surface area contributed by atoms with Gasteiger partial charge in [-0.15, -0.1) is 23.5 Å². The Morgan fingerprint density at radius 3 is 2.29 bits per heavy atom. The minimum Gasteiger partial charge on any atom is -0.331 e. The topological polar surface area (TPSA) is 78.0 Å². The molecule has 0 N–H and O–H groups in total. The van der Waals surface area contributed by atoms with E-state index < -0.39 is 12.0 Å². The molecule has 2 atom stereocenters. The summed E-state index contributed by atoms with van der Waals surface area (Å²) >= 11 is 9.37. The van der Waals surface area contributed by atoms with E-state index in [9.17, 15) is 19.2 Å². The van der Waals surface area contributed by atoms with Crippen LogP contribution in [0.2, 0.25) is 5.02 Å². The third kappa shape index (κ3) is 4.81. The number of nitrogens with zero attached hydrogens (tertiary/aromatic N) is 3. The van der Waals surface area contributed by atoms with Gasteiger partial charge in [-0.25, -0.2) is 0 Å². The van der Waals surface area contributed by atoms with Crippen molar-refractivity contribution in [3.05, 3.63) is 70.2 Å². The molecule has 10 heteroatoms. The van der Waals surface area contributed by atoms with Crippen LogP contribution in [0, 0.1) is 0 Å². The molecule has 2 fully saturated rings. The average Bonchev–Trinajstić information content (AvgIpc) is 3.62. The fourth-order valence-electron chi connectivity index (χ4n) is 4.67. The van der Waals surface area contributed by atoms with E-state index in [1.807, 2.05) is 17.0 Å². The highest BCUT2D eigenvalue weighted by Gasteiger charge is 2.40. The number of carbonyl (C=O) groups is 4. The van der Waals surface area contributed by atoms with Crippen molar-refractivity contribution in [2.24, 2.45) is 0 Å². The molecular weight excluding hydrogens is 506 g/mol. The predicted molar refractivity (Wildman–Crippen MR) is 138 cm³/mol. The van der Waals surface area contributed by atoms with E-state index in [0.717, 1.165) is 11.3 Å². The molecular formula is C25H24ClN3O4S2. The van der Waals surface area contributed by atoms with Gasteiger partial charge in [0.15, 0.2) is 0 Å². The number of hydrogen-bond acceptors (Lipinski definition) is 6. The zero-order valence-electron chi connectivity index (χ0n) is 18.9. The summed E-state index contributed by atoms with van der Waals surface area (Å²) in [4.78, 5) is 57.2. The van der Waals surface area contributed by atoms with Crippen LogP contribution in [0.4, 0.5) is 0 Å². The van der Waals surface area contributed by atoms with Crippen LogP contribution in [0.5, 0.6) is 0 Å². The Morgan fingerprint density at radius 1 is 0.971 bits per heavy atom. The number of amides is 4. The second-order valence-corrected chi connectivity index (χ2v) is 11.2.